The van der Waals surface area contributed by atoms with Gasteiger partial charge >= 0.3 is 0 Å². The Hall–Kier alpha value is -1.23. The van der Waals surface area contributed by atoms with Crippen LogP contribution >= 0.6 is 22.6 Å². The SMILES string of the molecule is OCCc1cc([C@@H](O)CNCCCCCCOCCOCc2cccc(I)c2)ccc1O. The van der Waals surface area contributed by atoms with Crippen LogP contribution in [-0.2, 0) is 22.5 Å². The lowest BCUT2D eigenvalue weighted by Gasteiger charge is -2.14. The quantitative estimate of drug-likeness (QED) is 0.174. The first-order valence-electron chi connectivity index (χ1n) is 11.3. The summed E-state index contributed by atoms with van der Waals surface area (Å²) >= 11 is 2.30. The zero-order valence-corrected chi connectivity index (χ0v) is 20.8. The van der Waals surface area contributed by atoms with Gasteiger partial charge < -0.3 is 30.1 Å². The van der Waals surface area contributed by atoms with E-state index in [4.69, 9.17) is 14.6 Å². The van der Waals surface area contributed by atoms with Crippen molar-refractivity contribution in [1.82, 2.24) is 5.32 Å². The average Bonchev–Trinajstić information content (AvgIpc) is 2.78. The lowest BCUT2D eigenvalue weighted by atomic mass is 10.0. The molecule has 0 amide bonds. The van der Waals surface area contributed by atoms with Gasteiger partial charge in [0, 0.05) is 23.3 Å². The van der Waals surface area contributed by atoms with Gasteiger partial charge in [0.25, 0.3) is 0 Å². The summed E-state index contributed by atoms with van der Waals surface area (Å²) in [5, 5.41) is 32.4. The number of unbranched alkanes of at least 4 members (excludes halogenated alkanes) is 3. The largest absolute Gasteiger partial charge is 0.508 e. The van der Waals surface area contributed by atoms with Gasteiger partial charge in [-0.2, -0.15) is 0 Å². The molecule has 0 aliphatic carbocycles. The summed E-state index contributed by atoms with van der Waals surface area (Å²) < 4.78 is 12.5. The maximum atomic E-state index is 10.3. The topological polar surface area (TPSA) is 91.2 Å². The van der Waals surface area contributed by atoms with E-state index in [1.807, 2.05) is 6.07 Å². The van der Waals surface area contributed by atoms with Gasteiger partial charge in [-0.3, -0.25) is 0 Å². The first-order valence-corrected chi connectivity index (χ1v) is 12.4. The molecule has 0 radical (unpaired) electrons. The highest BCUT2D eigenvalue weighted by Gasteiger charge is 2.10. The Kier molecular flexibility index (Phi) is 13.8. The fourth-order valence-electron chi connectivity index (χ4n) is 3.33. The van der Waals surface area contributed by atoms with Crippen LogP contribution in [0.2, 0.25) is 0 Å². The van der Waals surface area contributed by atoms with Crippen molar-refractivity contribution in [3.8, 4) is 5.75 Å². The average molecular weight is 557 g/mol. The predicted octanol–water partition coefficient (Wildman–Crippen LogP) is 3.95. The molecule has 6 nitrogen and oxygen atoms in total. The van der Waals surface area contributed by atoms with Crippen LogP contribution in [0, 0.1) is 3.57 Å². The Balaban J connectivity index is 1.41. The number of aromatic hydroxyl groups is 1. The van der Waals surface area contributed by atoms with Gasteiger partial charge in [0.15, 0.2) is 0 Å². The highest BCUT2D eigenvalue weighted by Crippen LogP contribution is 2.22. The maximum Gasteiger partial charge on any atom is 0.118 e. The van der Waals surface area contributed by atoms with E-state index in [0.717, 1.165) is 44.4 Å². The number of halogens is 1. The Bertz CT molecular complexity index is 774. The number of phenols is 1. The molecular formula is C25H36INO5. The second kappa shape index (κ2) is 16.4. The molecule has 0 unspecified atom stereocenters. The number of ether oxygens (including phenoxy) is 2. The van der Waals surface area contributed by atoms with E-state index in [1.54, 1.807) is 18.2 Å². The number of rotatable bonds is 17. The van der Waals surface area contributed by atoms with Crippen LogP contribution in [0.15, 0.2) is 42.5 Å². The van der Waals surface area contributed by atoms with Gasteiger partial charge in [-0.1, -0.05) is 31.0 Å². The minimum absolute atomic E-state index is 0.0298. The third-order valence-corrected chi connectivity index (χ3v) is 5.80. The summed E-state index contributed by atoms with van der Waals surface area (Å²) in [5.41, 5.74) is 2.59. The molecule has 0 aliphatic rings. The van der Waals surface area contributed by atoms with Crippen LogP contribution < -0.4 is 5.32 Å². The van der Waals surface area contributed by atoms with Crippen LogP contribution in [0.3, 0.4) is 0 Å². The molecule has 0 fully saturated rings. The van der Waals surface area contributed by atoms with Crippen molar-refractivity contribution in [2.45, 2.75) is 44.8 Å². The monoisotopic (exact) mass is 557 g/mol. The third kappa shape index (κ3) is 11.1. The van der Waals surface area contributed by atoms with Crippen LogP contribution in [0.5, 0.6) is 5.75 Å². The molecule has 0 aromatic heterocycles. The second-order valence-electron chi connectivity index (χ2n) is 7.79. The molecule has 4 N–H and O–H groups in total. The zero-order valence-electron chi connectivity index (χ0n) is 18.6. The molecule has 0 saturated heterocycles. The van der Waals surface area contributed by atoms with E-state index >= 15 is 0 Å². The van der Waals surface area contributed by atoms with Gasteiger partial charge in [0.2, 0.25) is 0 Å². The van der Waals surface area contributed by atoms with Gasteiger partial charge in [0.1, 0.15) is 5.75 Å². The zero-order chi connectivity index (χ0) is 23.0. The molecule has 7 heteroatoms. The summed E-state index contributed by atoms with van der Waals surface area (Å²) in [4.78, 5) is 0. The van der Waals surface area contributed by atoms with Crippen LogP contribution in [0.1, 0.15) is 48.5 Å². The molecular weight excluding hydrogens is 521 g/mol. The molecule has 2 aromatic carbocycles. The number of benzene rings is 2. The minimum atomic E-state index is -0.630. The van der Waals surface area contributed by atoms with Crippen LogP contribution in [0.25, 0.3) is 0 Å². The maximum absolute atomic E-state index is 10.3. The summed E-state index contributed by atoms with van der Waals surface area (Å²) in [6.07, 6.45) is 4.08. The second-order valence-corrected chi connectivity index (χ2v) is 9.04. The van der Waals surface area contributed by atoms with Crippen molar-refractivity contribution in [3.05, 3.63) is 62.7 Å². The molecule has 2 aromatic rings. The molecule has 0 heterocycles. The van der Waals surface area contributed by atoms with Gasteiger partial charge in [-0.25, -0.2) is 0 Å². The van der Waals surface area contributed by atoms with E-state index in [1.165, 1.54) is 9.13 Å². The molecule has 0 aliphatic heterocycles. The number of hydrogen-bond donors (Lipinski definition) is 4. The van der Waals surface area contributed by atoms with E-state index in [9.17, 15) is 10.2 Å². The summed E-state index contributed by atoms with van der Waals surface area (Å²) in [6.45, 7) is 3.91. The summed E-state index contributed by atoms with van der Waals surface area (Å²) in [7, 11) is 0. The van der Waals surface area contributed by atoms with Gasteiger partial charge in [0.05, 0.1) is 25.9 Å². The van der Waals surface area contributed by atoms with Crippen LogP contribution in [-0.4, -0.2) is 54.8 Å². The Morgan fingerprint density at radius 2 is 1.75 bits per heavy atom. The predicted molar refractivity (Wildman–Crippen MR) is 135 cm³/mol. The normalized spacial score (nSPS) is 12.2. The number of hydrogen-bond acceptors (Lipinski definition) is 6. The molecule has 178 valence electrons. The Morgan fingerprint density at radius 3 is 2.56 bits per heavy atom. The molecule has 0 spiro atoms. The fraction of sp³-hybridized carbons (Fsp3) is 0.520. The van der Waals surface area contributed by atoms with E-state index in [-0.39, 0.29) is 12.4 Å². The molecule has 0 bridgehead atoms. The summed E-state index contributed by atoms with van der Waals surface area (Å²) in [6, 6.07) is 13.4. The van der Waals surface area contributed by atoms with Crippen molar-refractivity contribution >= 4 is 22.6 Å². The highest BCUT2D eigenvalue weighted by atomic mass is 127. The molecule has 0 saturated carbocycles. The van der Waals surface area contributed by atoms with Gasteiger partial charge in [-0.15, -0.1) is 0 Å². The minimum Gasteiger partial charge on any atom is -0.508 e. The number of aliphatic hydroxyl groups excluding tert-OH is 2. The van der Waals surface area contributed by atoms with Crippen molar-refractivity contribution in [3.63, 3.8) is 0 Å². The molecule has 2 rings (SSSR count). The van der Waals surface area contributed by atoms with Gasteiger partial charge in [-0.05, 0) is 89.4 Å². The van der Waals surface area contributed by atoms with Crippen LogP contribution in [0.4, 0.5) is 0 Å². The smallest absolute Gasteiger partial charge is 0.118 e. The Morgan fingerprint density at radius 1 is 0.938 bits per heavy atom. The van der Waals surface area contributed by atoms with E-state index in [2.05, 4.69) is 46.1 Å². The Labute approximate surface area is 205 Å². The third-order valence-electron chi connectivity index (χ3n) is 5.13. The van der Waals surface area contributed by atoms with Crippen molar-refractivity contribution < 1.29 is 24.8 Å². The van der Waals surface area contributed by atoms with Crippen molar-refractivity contribution in [2.75, 3.05) is 39.5 Å². The number of phenolic OH excluding ortho intramolecular Hbond substituents is 1. The number of nitrogens with one attached hydrogen (secondary N) is 1. The number of aliphatic hydroxyl groups is 2. The lowest BCUT2D eigenvalue weighted by molar-refractivity contribution is 0.0392. The summed E-state index contributed by atoms with van der Waals surface area (Å²) in [5.74, 6) is 0.154. The fourth-order valence-corrected chi connectivity index (χ4v) is 3.94. The highest BCUT2D eigenvalue weighted by molar-refractivity contribution is 14.1. The van der Waals surface area contributed by atoms with Crippen molar-refractivity contribution in [2.24, 2.45) is 0 Å². The van der Waals surface area contributed by atoms with E-state index < -0.39 is 6.10 Å². The first kappa shape index (κ1) is 27.0. The standard InChI is InChI=1S/C25H36INO5/c26-23-7-5-6-20(16-23)19-32-15-14-31-13-4-2-1-3-11-27-18-25(30)21-8-9-24(29)22(17-21)10-12-28/h5-9,16-17,25,27-30H,1-4,10-15,18-19H2/t25-/m0/s1. The molecule has 32 heavy (non-hydrogen) atoms. The van der Waals surface area contributed by atoms with Crippen molar-refractivity contribution in [1.29, 1.82) is 0 Å². The molecule has 1 atom stereocenters. The lowest BCUT2D eigenvalue weighted by Crippen LogP contribution is -2.22. The van der Waals surface area contributed by atoms with E-state index in [0.29, 0.717) is 38.3 Å². The first-order chi connectivity index (χ1) is 15.6.